The van der Waals surface area contributed by atoms with Crippen molar-refractivity contribution in [3.63, 3.8) is 0 Å². The summed E-state index contributed by atoms with van der Waals surface area (Å²) < 4.78 is 135. The quantitative estimate of drug-likeness (QED) is 0.0388. The highest BCUT2D eigenvalue weighted by Gasteiger charge is 2.48. The lowest BCUT2D eigenvalue weighted by Crippen LogP contribution is -2.31. The van der Waals surface area contributed by atoms with Gasteiger partial charge in [0, 0.05) is 53.9 Å². The average Bonchev–Trinajstić information content (AvgIpc) is 3.50. The Balaban J connectivity index is 1.78. The van der Waals surface area contributed by atoms with Gasteiger partial charge >= 0.3 is 5.97 Å². The lowest BCUT2D eigenvalue weighted by atomic mass is 9.75. The van der Waals surface area contributed by atoms with E-state index in [0.29, 0.717) is 80.5 Å². The third-order valence-electron chi connectivity index (χ3n) is 11.0. The Kier molecular flexibility index (Phi) is 15.3. The van der Waals surface area contributed by atoms with Crippen molar-refractivity contribution in [1.82, 2.24) is 0 Å². The highest BCUT2D eigenvalue weighted by atomic mass is 32.2. The van der Waals surface area contributed by atoms with Gasteiger partial charge in [-0.2, -0.15) is 38.2 Å². The molecule has 5 N–H and O–H groups in total. The largest absolute Gasteiger partial charge is 0.481 e. The van der Waals surface area contributed by atoms with Crippen LogP contribution in [0.3, 0.4) is 0 Å². The molecule has 2 aromatic rings. The molecule has 2 heterocycles. The van der Waals surface area contributed by atoms with E-state index < -0.39 is 68.8 Å². The summed E-state index contributed by atoms with van der Waals surface area (Å²) in [5.74, 6) is -1.82. The van der Waals surface area contributed by atoms with Crippen LogP contribution in [0.5, 0.6) is 0 Å². The molecule has 0 amide bonds. The summed E-state index contributed by atoms with van der Waals surface area (Å²) in [7, 11) is -17.6. The van der Waals surface area contributed by atoms with Gasteiger partial charge in [-0.3, -0.25) is 23.0 Å². The van der Waals surface area contributed by atoms with E-state index >= 15 is 0 Å². The Hall–Kier alpha value is -3.76. The second kappa shape index (κ2) is 18.9. The van der Waals surface area contributed by atoms with E-state index in [1.54, 1.807) is 30.4 Å². The van der Waals surface area contributed by atoms with Crippen LogP contribution in [0.2, 0.25) is 0 Å². The van der Waals surface area contributed by atoms with Crippen molar-refractivity contribution in [2.75, 3.05) is 29.5 Å². The molecule has 59 heavy (non-hydrogen) atoms. The summed E-state index contributed by atoms with van der Waals surface area (Å²) in [6.45, 7) is 6.60. The standard InChI is InChI=1S/C39H52N2O14S4/c1-4-40-33-20-18-29(58(50,51)52)27-31(33)38(2,22-10-13-25-56(44,45)46)35(40)15-7-5-8-16-36-39(3,23-11-14-26-57(47,48)49)32-28-30(59(53,54)55)19-21-34(32)41(36)24-12-6-9-17-37(42)43/h5,7-8,15-16,18-21,27-28H,4,6,9-14,17,22-26H2,1-3H3,(H4-,42,43,44,45,46,47,48,49,50,51,52,53,54,55)/p+1. The zero-order valence-electron chi connectivity index (χ0n) is 33.2. The predicted molar refractivity (Wildman–Crippen MR) is 223 cm³/mol. The lowest BCUT2D eigenvalue weighted by molar-refractivity contribution is -0.438. The molecule has 0 bridgehead atoms. The number of fused-ring (bicyclic) bond motifs is 2. The number of allylic oxidation sites excluding steroid dienone is 6. The first kappa shape index (κ1) is 47.9. The molecule has 0 aliphatic carbocycles. The number of rotatable bonds is 22. The number of nitrogens with zero attached hydrogens (tertiary/aromatic N) is 2. The van der Waals surface area contributed by atoms with Crippen LogP contribution in [0, 0.1) is 0 Å². The van der Waals surface area contributed by atoms with Gasteiger partial charge in [0.05, 0.1) is 26.7 Å². The second-order valence-electron chi connectivity index (χ2n) is 15.2. The Labute approximate surface area is 347 Å². The van der Waals surface area contributed by atoms with Crippen LogP contribution in [0.1, 0.15) is 96.1 Å². The first-order valence-electron chi connectivity index (χ1n) is 19.2. The number of likely N-dealkylation sites (N-methyl/N-ethyl adjacent to an activating group) is 1. The predicted octanol–water partition coefficient (Wildman–Crippen LogP) is 6.09. The first-order valence-corrected chi connectivity index (χ1v) is 25.3. The van der Waals surface area contributed by atoms with Crippen molar-refractivity contribution in [3.8, 4) is 0 Å². The summed E-state index contributed by atoms with van der Waals surface area (Å²) in [5, 5.41) is 9.12. The molecule has 4 rings (SSSR count). The van der Waals surface area contributed by atoms with Gasteiger partial charge < -0.3 is 10.0 Å². The third-order valence-corrected chi connectivity index (χ3v) is 14.3. The summed E-state index contributed by atoms with van der Waals surface area (Å²) in [4.78, 5) is 12.5. The van der Waals surface area contributed by atoms with E-state index in [-0.39, 0.29) is 29.1 Å². The fourth-order valence-electron chi connectivity index (χ4n) is 8.10. The molecule has 0 radical (unpaired) electrons. The van der Waals surface area contributed by atoms with Crippen LogP contribution < -0.4 is 4.90 Å². The first-order chi connectivity index (χ1) is 27.3. The lowest BCUT2D eigenvalue weighted by Gasteiger charge is -2.30. The number of hydrogen-bond donors (Lipinski definition) is 5. The highest BCUT2D eigenvalue weighted by molar-refractivity contribution is 7.86. The third kappa shape index (κ3) is 12.2. The highest BCUT2D eigenvalue weighted by Crippen LogP contribution is 2.51. The van der Waals surface area contributed by atoms with E-state index in [1.807, 2.05) is 42.4 Å². The Morgan fingerprint density at radius 2 is 1.25 bits per heavy atom. The topological polar surface area (TPSA) is 261 Å². The van der Waals surface area contributed by atoms with Gasteiger partial charge in [0.2, 0.25) is 5.69 Å². The SMILES string of the molecule is CCN1C(=CC=CC=CC2=[N+](CCCCCC(=O)O)c3ccc(S(=O)(=O)O)cc3C2(C)CCCCS(=O)(=O)O)C(C)(CCCCS(=O)(=O)O)c2cc(S(=O)(=O)O)ccc21. The summed E-state index contributed by atoms with van der Waals surface area (Å²) in [6, 6.07) is 8.61. The van der Waals surface area contributed by atoms with Crippen molar-refractivity contribution in [2.24, 2.45) is 0 Å². The van der Waals surface area contributed by atoms with Gasteiger partial charge in [0.25, 0.3) is 40.5 Å². The molecular weight excluding hydrogens is 849 g/mol. The minimum atomic E-state index is -4.59. The zero-order valence-corrected chi connectivity index (χ0v) is 36.5. The van der Waals surface area contributed by atoms with Crippen molar-refractivity contribution in [2.45, 2.75) is 106 Å². The molecule has 0 saturated heterocycles. The van der Waals surface area contributed by atoms with E-state index in [4.69, 9.17) is 5.11 Å². The van der Waals surface area contributed by atoms with Crippen molar-refractivity contribution < 1.29 is 66.4 Å². The number of carboxylic acid groups (broad SMARTS) is 1. The Bertz CT molecular complexity index is 2490. The Morgan fingerprint density at radius 3 is 1.80 bits per heavy atom. The number of carbonyl (C=O) groups is 1. The monoisotopic (exact) mass is 901 g/mol. The van der Waals surface area contributed by atoms with Crippen molar-refractivity contribution in [1.29, 1.82) is 0 Å². The molecule has 2 aromatic carbocycles. The fourth-order valence-corrected chi connectivity index (χ4v) is 10.2. The van der Waals surface area contributed by atoms with Crippen LogP contribution in [0.4, 0.5) is 11.4 Å². The molecule has 20 heteroatoms. The number of anilines is 1. The Morgan fingerprint density at radius 1 is 0.695 bits per heavy atom. The molecule has 0 spiro atoms. The van der Waals surface area contributed by atoms with Crippen LogP contribution in [0.25, 0.3) is 0 Å². The summed E-state index contributed by atoms with van der Waals surface area (Å²) in [5.41, 5.74) is 2.31. The van der Waals surface area contributed by atoms with Crippen molar-refractivity contribution >= 4 is 63.5 Å². The van der Waals surface area contributed by atoms with Gasteiger partial charge in [0.1, 0.15) is 6.54 Å². The number of aliphatic carboxylic acids is 1. The summed E-state index contributed by atoms with van der Waals surface area (Å²) in [6.07, 6.45) is 12.3. The minimum absolute atomic E-state index is 0.00240. The zero-order chi connectivity index (χ0) is 44.0. The fraction of sp³-hybridized carbons (Fsp3) is 0.487. The second-order valence-corrected chi connectivity index (χ2v) is 21.2. The minimum Gasteiger partial charge on any atom is -0.481 e. The normalized spacial score (nSPS) is 20.7. The van der Waals surface area contributed by atoms with Crippen LogP contribution in [-0.4, -0.2) is 97.8 Å². The molecule has 16 nitrogen and oxygen atoms in total. The van der Waals surface area contributed by atoms with Gasteiger partial charge in [-0.05, 0) is 101 Å². The molecule has 0 saturated carbocycles. The van der Waals surface area contributed by atoms with E-state index in [2.05, 4.69) is 0 Å². The smallest absolute Gasteiger partial charge is 0.303 e. The number of hydrogen-bond acceptors (Lipinski definition) is 10. The maximum absolute atomic E-state index is 12.3. The molecule has 2 unspecified atom stereocenters. The number of carboxylic acids is 1. The molecule has 2 atom stereocenters. The van der Waals surface area contributed by atoms with Gasteiger partial charge in [-0.25, -0.2) is 0 Å². The van der Waals surface area contributed by atoms with Crippen LogP contribution >= 0.6 is 0 Å². The molecule has 326 valence electrons. The van der Waals surface area contributed by atoms with E-state index in [1.165, 1.54) is 24.3 Å². The van der Waals surface area contributed by atoms with Crippen LogP contribution in [-0.2, 0) is 56.1 Å². The maximum Gasteiger partial charge on any atom is 0.303 e. The maximum atomic E-state index is 12.3. The van der Waals surface area contributed by atoms with Crippen molar-refractivity contribution in [3.05, 3.63) is 83.6 Å². The molecular formula is C39H53N2O14S4+. The number of benzene rings is 2. The van der Waals surface area contributed by atoms with Gasteiger partial charge in [0.15, 0.2) is 5.71 Å². The van der Waals surface area contributed by atoms with Crippen LogP contribution in [0.15, 0.2) is 82.3 Å². The molecule has 2 aliphatic rings. The average molecular weight is 902 g/mol. The molecule has 2 aliphatic heterocycles. The van der Waals surface area contributed by atoms with E-state index in [9.17, 15) is 56.7 Å². The molecule has 0 aromatic heterocycles. The molecule has 0 fully saturated rings. The van der Waals surface area contributed by atoms with Gasteiger partial charge in [-0.15, -0.1) is 0 Å². The number of unbranched alkanes of at least 4 members (excludes halogenated alkanes) is 4. The summed E-state index contributed by atoms with van der Waals surface area (Å²) >= 11 is 0. The van der Waals surface area contributed by atoms with E-state index in [0.717, 1.165) is 11.4 Å². The van der Waals surface area contributed by atoms with Gasteiger partial charge in [-0.1, -0.05) is 31.1 Å².